The second-order valence-electron chi connectivity index (χ2n) is 5.57. The quantitative estimate of drug-likeness (QED) is 0.836. The summed E-state index contributed by atoms with van der Waals surface area (Å²) in [5.74, 6) is 0.957. The number of hydrogen-bond acceptors (Lipinski definition) is 2. The lowest BCUT2D eigenvalue weighted by atomic mass is 9.92. The molecule has 0 radical (unpaired) electrons. The van der Waals surface area contributed by atoms with Crippen molar-refractivity contribution in [2.45, 2.75) is 39.2 Å². The van der Waals surface area contributed by atoms with Crippen molar-refractivity contribution >= 4 is 17.2 Å². The van der Waals surface area contributed by atoms with E-state index in [1.165, 1.54) is 44.3 Å². The normalized spacial score (nSPS) is 17.5. The number of nitrogens with zero attached hydrogens (tertiary/aromatic N) is 1. The van der Waals surface area contributed by atoms with Crippen LogP contribution in [0.25, 0.3) is 0 Å². The summed E-state index contributed by atoms with van der Waals surface area (Å²) < 4.78 is 0. The zero-order chi connectivity index (χ0) is 13.7. The van der Waals surface area contributed by atoms with Crippen LogP contribution in [0.2, 0.25) is 0 Å². The molecule has 1 aromatic rings. The molecule has 1 aliphatic heterocycles. The van der Waals surface area contributed by atoms with Crippen LogP contribution < -0.4 is 5.73 Å². The van der Waals surface area contributed by atoms with Gasteiger partial charge in [0.1, 0.15) is 4.99 Å². The Morgan fingerprint density at radius 1 is 1.26 bits per heavy atom. The van der Waals surface area contributed by atoms with Crippen LogP contribution in [-0.2, 0) is 6.54 Å². The van der Waals surface area contributed by atoms with Crippen molar-refractivity contribution < 1.29 is 0 Å². The van der Waals surface area contributed by atoms with Gasteiger partial charge in [0.15, 0.2) is 0 Å². The van der Waals surface area contributed by atoms with E-state index in [4.69, 9.17) is 18.0 Å². The predicted octanol–water partition coefficient (Wildman–Crippen LogP) is 3.33. The molecule has 0 unspecified atom stereocenters. The molecular formula is C16H24N2S. The van der Waals surface area contributed by atoms with Gasteiger partial charge in [-0.2, -0.15) is 0 Å². The van der Waals surface area contributed by atoms with Gasteiger partial charge >= 0.3 is 0 Å². The maximum absolute atomic E-state index is 5.61. The number of rotatable bonds is 5. The van der Waals surface area contributed by atoms with E-state index in [0.29, 0.717) is 4.99 Å². The molecule has 2 N–H and O–H groups in total. The smallest absolute Gasteiger partial charge is 0.103 e. The van der Waals surface area contributed by atoms with Crippen molar-refractivity contribution in [1.82, 2.24) is 4.90 Å². The van der Waals surface area contributed by atoms with Gasteiger partial charge in [0.25, 0.3) is 0 Å². The Bertz CT molecular complexity index is 405. The van der Waals surface area contributed by atoms with E-state index in [2.05, 4.69) is 24.0 Å². The molecule has 2 rings (SSSR count). The Morgan fingerprint density at radius 3 is 2.42 bits per heavy atom. The minimum Gasteiger partial charge on any atom is -0.389 e. The number of benzene rings is 1. The van der Waals surface area contributed by atoms with E-state index in [1.807, 2.05) is 12.1 Å². The Balaban J connectivity index is 1.83. The SMILES string of the molecule is CCCC1CCN(Cc2ccc(C(N)=S)cc2)CC1. The van der Waals surface area contributed by atoms with E-state index >= 15 is 0 Å². The number of hydrogen-bond donors (Lipinski definition) is 1. The minimum atomic E-state index is 0.479. The average molecular weight is 276 g/mol. The zero-order valence-electron chi connectivity index (χ0n) is 11.8. The van der Waals surface area contributed by atoms with Gasteiger partial charge in [-0.15, -0.1) is 0 Å². The summed E-state index contributed by atoms with van der Waals surface area (Å²) in [6.45, 7) is 5.82. The molecule has 1 heterocycles. The van der Waals surface area contributed by atoms with E-state index < -0.39 is 0 Å². The minimum absolute atomic E-state index is 0.479. The highest BCUT2D eigenvalue weighted by Gasteiger charge is 2.18. The molecule has 0 amide bonds. The fourth-order valence-electron chi connectivity index (χ4n) is 2.87. The topological polar surface area (TPSA) is 29.3 Å². The van der Waals surface area contributed by atoms with Crippen LogP contribution >= 0.6 is 12.2 Å². The second kappa shape index (κ2) is 7.01. The highest BCUT2D eigenvalue weighted by atomic mass is 32.1. The van der Waals surface area contributed by atoms with Gasteiger partial charge in [0, 0.05) is 12.1 Å². The molecule has 0 atom stereocenters. The van der Waals surface area contributed by atoms with Crippen molar-refractivity contribution in [3.8, 4) is 0 Å². The molecule has 2 nitrogen and oxygen atoms in total. The van der Waals surface area contributed by atoms with Gasteiger partial charge in [-0.1, -0.05) is 56.2 Å². The molecule has 104 valence electrons. The summed E-state index contributed by atoms with van der Waals surface area (Å²) in [7, 11) is 0. The Kier molecular flexibility index (Phi) is 5.34. The van der Waals surface area contributed by atoms with Crippen LogP contribution in [0.3, 0.4) is 0 Å². The maximum atomic E-state index is 5.61. The zero-order valence-corrected chi connectivity index (χ0v) is 12.6. The molecule has 19 heavy (non-hydrogen) atoms. The van der Waals surface area contributed by atoms with Gasteiger partial charge in [-0.3, -0.25) is 4.90 Å². The Hall–Kier alpha value is -0.930. The fraction of sp³-hybridized carbons (Fsp3) is 0.562. The first-order valence-electron chi connectivity index (χ1n) is 7.30. The monoisotopic (exact) mass is 276 g/mol. The van der Waals surface area contributed by atoms with Crippen molar-refractivity contribution in [3.63, 3.8) is 0 Å². The van der Waals surface area contributed by atoms with Crippen LogP contribution in [0.15, 0.2) is 24.3 Å². The van der Waals surface area contributed by atoms with Crippen molar-refractivity contribution in [3.05, 3.63) is 35.4 Å². The largest absolute Gasteiger partial charge is 0.389 e. The summed E-state index contributed by atoms with van der Waals surface area (Å²) in [6, 6.07) is 8.35. The summed E-state index contributed by atoms with van der Waals surface area (Å²) in [4.78, 5) is 3.04. The van der Waals surface area contributed by atoms with Gasteiger partial charge in [-0.05, 0) is 37.4 Å². The molecule has 3 heteroatoms. The molecule has 0 aliphatic carbocycles. The fourth-order valence-corrected chi connectivity index (χ4v) is 3.01. The molecule has 1 aromatic carbocycles. The lowest BCUT2D eigenvalue weighted by Crippen LogP contribution is -2.33. The number of nitrogens with two attached hydrogens (primary N) is 1. The third kappa shape index (κ3) is 4.29. The van der Waals surface area contributed by atoms with E-state index in [-0.39, 0.29) is 0 Å². The first kappa shape index (κ1) is 14.5. The highest BCUT2D eigenvalue weighted by molar-refractivity contribution is 7.80. The summed E-state index contributed by atoms with van der Waals surface area (Å²) in [6.07, 6.45) is 5.44. The van der Waals surface area contributed by atoms with Gasteiger partial charge in [0.05, 0.1) is 0 Å². The lowest BCUT2D eigenvalue weighted by molar-refractivity contribution is 0.172. The standard InChI is InChI=1S/C16H24N2S/c1-2-3-13-8-10-18(11-9-13)12-14-4-6-15(7-5-14)16(17)19/h4-7,13H,2-3,8-12H2,1H3,(H2,17,19). The van der Waals surface area contributed by atoms with Crippen LogP contribution in [0.1, 0.15) is 43.7 Å². The van der Waals surface area contributed by atoms with E-state index in [1.54, 1.807) is 0 Å². The van der Waals surface area contributed by atoms with Crippen molar-refractivity contribution in [1.29, 1.82) is 0 Å². The van der Waals surface area contributed by atoms with E-state index in [9.17, 15) is 0 Å². The van der Waals surface area contributed by atoms with Crippen molar-refractivity contribution in [2.24, 2.45) is 11.7 Å². The molecular weight excluding hydrogens is 252 g/mol. The average Bonchev–Trinajstić information content (AvgIpc) is 2.42. The summed E-state index contributed by atoms with van der Waals surface area (Å²) >= 11 is 4.97. The van der Waals surface area contributed by atoms with Crippen LogP contribution in [0.4, 0.5) is 0 Å². The van der Waals surface area contributed by atoms with E-state index in [0.717, 1.165) is 18.0 Å². The molecule has 0 spiro atoms. The first-order valence-corrected chi connectivity index (χ1v) is 7.71. The third-order valence-corrected chi connectivity index (χ3v) is 4.28. The lowest BCUT2D eigenvalue weighted by Gasteiger charge is -2.31. The molecule has 0 bridgehead atoms. The second-order valence-corrected chi connectivity index (χ2v) is 6.01. The van der Waals surface area contributed by atoms with Gasteiger partial charge in [-0.25, -0.2) is 0 Å². The summed E-state index contributed by atoms with van der Waals surface area (Å²) in [5, 5.41) is 0. The number of piperidine rings is 1. The Labute approximate surface area is 122 Å². The summed E-state index contributed by atoms with van der Waals surface area (Å²) in [5.41, 5.74) is 7.93. The molecule has 1 fully saturated rings. The molecule has 1 aliphatic rings. The van der Waals surface area contributed by atoms with Gasteiger partial charge < -0.3 is 5.73 Å². The number of likely N-dealkylation sites (tertiary alicyclic amines) is 1. The third-order valence-electron chi connectivity index (χ3n) is 4.05. The first-order chi connectivity index (χ1) is 9.19. The number of thiocarbonyl (C=S) groups is 1. The maximum Gasteiger partial charge on any atom is 0.103 e. The highest BCUT2D eigenvalue weighted by Crippen LogP contribution is 2.22. The van der Waals surface area contributed by atoms with Crippen LogP contribution in [0.5, 0.6) is 0 Å². The molecule has 0 saturated carbocycles. The Morgan fingerprint density at radius 2 is 1.89 bits per heavy atom. The molecule has 0 aromatic heterocycles. The predicted molar refractivity (Wildman–Crippen MR) is 85.2 cm³/mol. The van der Waals surface area contributed by atoms with Crippen LogP contribution in [-0.4, -0.2) is 23.0 Å². The van der Waals surface area contributed by atoms with Crippen LogP contribution in [0, 0.1) is 5.92 Å². The molecule has 1 saturated heterocycles. The van der Waals surface area contributed by atoms with Crippen molar-refractivity contribution in [2.75, 3.05) is 13.1 Å². The van der Waals surface area contributed by atoms with Gasteiger partial charge in [0.2, 0.25) is 0 Å².